The van der Waals surface area contributed by atoms with E-state index in [-0.39, 0.29) is 6.04 Å². The van der Waals surface area contributed by atoms with E-state index in [2.05, 4.69) is 43.3 Å². The number of nitrogens with two attached hydrogens (primary N) is 1. The summed E-state index contributed by atoms with van der Waals surface area (Å²) in [6, 6.07) is 8.88. The summed E-state index contributed by atoms with van der Waals surface area (Å²) in [6.07, 6.45) is 6.69. The van der Waals surface area contributed by atoms with Crippen molar-refractivity contribution in [1.82, 2.24) is 0 Å². The van der Waals surface area contributed by atoms with Crippen molar-refractivity contribution in [2.45, 2.75) is 38.1 Å². The third-order valence-electron chi connectivity index (χ3n) is 3.93. The molecule has 0 heterocycles. The van der Waals surface area contributed by atoms with Crippen LogP contribution in [0.15, 0.2) is 24.3 Å². The first-order valence-corrected chi connectivity index (χ1v) is 6.71. The molecule has 2 nitrogen and oxygen atoms in total. The average molecular weight is 232 g/mol. The van der Waals surface area contributed by atoms with Crippen molar-refractivity contribution in [3.05, 3.63) is 29.8 Å². The fraction of sp³-hybridized carbons (Fsp3) is 0.600. The Labute approximate surface area is 105 Å². The second-order valence-electron chi connectivity index (χ2n) is 5.41. The Kier molecular flexibility index (Phi) is 4.06. The molecule has 2 N–H and O–H groups in total. The number of hydrogen-bond donors (Lipinski definition) is 1. The van der Waals surface area contributed by atoms with E-state index in [0.29, 0.717) is 5.92 Å². The Morgan fingerprint density at radius 1 is 1.18 bits per heavy atom. The Balaban J connectivity index is 2.12. The van der Waals surface area contributed by atoms with Crippen molar-refractivity contribution >= 4 is 5.69 Å². The zero-order chi connectivity index (χ0) is 12.3. The monoisotopic (exact) mass is 232 g/mol. The topological polar surface area (TPSA) is 29.3 Å². The summed E-state index contributed by atoms with van der Waals surface area (Å²) in [4.78, 5) is 2.14. The number of hydrogen-bond acceptors (Lipinski definition) is 2. The van der Waals surface area contributed by atoms with Gasteiger partial charge in [0.05, 0.1) is 0 Å². The van der Waals surface area contributed by atoms with Crippen LogP contribution in [-0.4, -0.2) is 14.1 Å². The first-order chi connectivity index (χ1) is 8.18. The summed E-state index contributed by atoms with van der Waals surface area (Å²) in [6.45, 7) is 0. The smallest absolute Gasteiger partial charge is 0.0364 e. The van der Waals surface area contributed by atoms with Crippen LogP contribution in [0, 0.1) is 5.92 Å². The van der Waals surface area contributed by atoms with E-state index in [4.69, 9.17) is 5.73 Å². The molecule has 17 heavy (non-hydrogen) atoms. The predicted molar refractivity (Wildman–Crippen MR) is 74.3 cm³/mol. The van der Waals surface area contributed by atoms with Crippen molar-refractivity contribution in [2.24, 2.45) is 11.7 Å². The number of nitrogens with zero attached hydrogens (tertiary/aromatic N) is 1. The van der Waals surface area contributed by atoms with Crippen LogP contribution >= 0.6 is 0 Å². The zero-order valence-corrected chi connectivity index (χ0v) is 11.0. The van der Waals surface area contributed by atoms with Gasteiger partial charge in [-0.25, -0.2) is 0 Å². The number of benzene rings is 1. The van der Waals surface area contributed by atoms with Gasteiger partial charge in [-0.05, 0) is 36.5 Å². The van der Waals surface area contributed by atoms with Crippen molar-refractivity contribution < 1.29 is 0 Å². The molecule has 0 bridgehead atoms. The molecule has 0 saturated heterocycles. The minimum Gasteiger partial charge on any atom is -0.378 e. The van der Waals surface area contributed by atoms with Gasteiger partial charge in [-0.3, -0.25) is 0 Å². The summed E-state index contributed by atoms with van der Waals surface area (Å²) < 4.78 is 0. The fourth-order valence-electron chi connectivity index (χ4n) is 2.78. The van der Waals surface area contributed by atoms with Gasteiger partial charge in [0.15, 0.2) is 0 Å². The van der Waals surface area contributed by atoms with E-state index < -0.39 is 0 Å². The molecule has 0 aromatic heterocycles. The van der Waals surface area contributed by atoms with Crippen LogP contribution in [0.3, 0.4) is 0 Å². The van der Waals surface area contributed by atoms with Crippen LogP contribution < -0.4 is 10.6 Å². The molecule has 2 heteroatoms. The molecule has 1 aliphatic rings. The van der Waals surface area contributed by atoms with Gasteiger partial charge < -0.3 is 10.6 Å². The molecule has 1 aliphatic carbocycles. The maximum atomic E-state index is 6.42. The van der Waals surface area contributed by atoms with E-state index in [1.54, 1.807) is 0 Å². The highest BCUT2D eigenvalue weighted by atomic mass is 15.1. The number of rotatable bonds is 3. The van der Waals surface area contributed by atoms with Gasteiger partial charge >= 0.3 is 0 Å². The molecule has 0 amide bonds. The fourth-order valence-corrected chi connectivity index (χ4v) is 2.78. The van der Waals surface area contributed by atoms with Gasteiger partial charge in [-0.2, -0.15) is 0 Å². The standard InChI is InChI=1S/C15H24N2/c1-17(2)14-10-6-9-13(11-14)15(16)12-7-4-3-5-8-12/h6,9-12,15H,3-5,7-8,16H2,1-2H3. The summed E-state index contributed by atoms with van der Waals surface area (Å²) in [5.41, 5.74) is 8.96. The molecule has 1 atom stereocenters. The lowest BCUT2D eigenvalue weighted by atomic mass is 9.81. The zero-order valence-electron chi connectivity index (χ0n) is 11.0. The quantitative estimate of drug-likeness (QED) is 0.866. The van der Waals surface area contributed by atoms with Crippen molar-refractivity contribution in [1.29, 1.82) is 0 Å². The Hall–Kier alpha value is -1.02. The Morgan fingerprint density at radius 2 is 1.88 bits per heavy atom. The van der Waals surface area contributed by atoms with Crippen molar-refractivity contribution in [3.8, 4) is 0 Å². The predicted octanol–water partition coefficient (Wildman–Crippen LogP) is 3.33. The third kappa shape index (κ3) is 3.01. The lowest BCUT2D eigenvalue weighted by molar-refractivity contribution is 0.308. The van der Waals surface area contributed by atoms with Gasteiger partial charge in [-0.1, -0.05) is 31.4 Å². The van der Waals surface area contributed by atoms with Crippen LogP contribution in [-0.2, 0) is 0 Å². The maximum absolute atomic E-state index is 6.42. The molecular weight excluding hydrogens is 208 g/mol. The highest BCUT2D eigenvalue weighted by Crippen LogP contribution is 2.33. The van der Waals surface area contributed by atoms with E-state index in [1.807, 2.05) is 0 Å². The van der Waals surface area contributed by atoms with E-state index in [0.717, 1.165) is 0 Å². The van der Waals surface area contributed by atoms with Gasteiger partial charge in [0.25, 0.3) is 0 Å². The molecule has 94 valence electrons. The molecule has 0 radical (unpaired) electrons. The summed E-state index contributed by atoms with van der Waals surface area (Å²) in [7, 11) is 4.15. The highest BCUT2D eigenvalue weighted by molar-refractivity contribution is 5.47. The first kappa shape index (κ1) is 12.4. The lowest BCUT2D eigenvalue weighted by Gasteiger charge is -2.28. The summed E-state index contributed by atoms with van der Waals surface area (Å²) in [5.74, 6) is 0.682. The Bertz CT molecular complexity index is 354. The summed E-state index contributed by atoms with van der Waals surface area (Å²) in [5, 5.41) is 0. The van der Waals surface area contributed by atoms with Crippen LogP contribution in [0.2, 0.25) is 0 Å². The van der Waals surface area contributed by atoms with E-state index in [9.17, 15) is 0 Å². The van der Waals surface area contributed by atoms with Crippen LogP contribution in [0.5, 0.6) is 0 Å². The SMILES string of the molecule is CN(C)c1cccc(C(N)C2CCCCC2)c1. The maximum Gasteiger partial charge on any atom is 0.0364 e. The molecule has 1 aromatic rings. The average Bonchev–Trinajstić information content (AvgIpc) is 2.39. The molecule has 1 saturated carbocycles. The highest BCUT2D eigenvalue weighted by Gasteiger charge is 2.21. The second kappa shape index (κ2) is 5.54. The molecule has 1 unspecified atom stereocenters. The van der Waals surface area contributed by atoms with E-state index >= 15 is 0 Å². The minimum absolute atomic E-state index is 0.218. The lowest BCUT2D eigenvalue weighted by Crippen LogP contribution is -2.23. The first-order valence-electron chi connectivity index (χ1n) is 6.71. The molecule has 1 aromatic carbocycles. The molecule has 1 fully saturated rings. The van der Waals surface area contributed by atoms with Gasteiger partial charge in [-0.15, -0.1) is 0 Å². The van der Waals surface area contributed by atoms with Crippen LogP contribution in [0.1, 0.15) is 43.7 Å². The summed E-state index contributed by atoms with van der Waals surface area (Å²) >= 11 is 0. The third-order valence-corrected chi connectivity index (χ3v) is 3.93. The van der Waals surface area contributed by atoms with Crippen molar-refractivity contribution in [3.63, 3.8) is 0 Å². The molecule has 0 aliphatic heterocycles. The molecular formula is C15H24N2. The van der Waals surface area contributed by atoms with Crippen LogP contribution in [0.25, 0.3) is 0 Å². The van der Waals surface area contributed by atoms with Gasteiger partial charge in [0.2, 0.25) is 0 Å². The van der Waals surface area contributed by atoms with Crippen LogP contribution in [0.4, 0.5) is 5.69 Å². The second-order valence-corrected chi connectivity index (χ2v) is 5.41. The van der Waals surface area contributed by atoms with Gasteiger partial charge in [0, 0.05) is 25.8 Å². The minimum atomic E-state index is 0.218. The number of anilines is 1. The Morgan fingerprint density at radius 3 is 2.53 bits per heavy atom. The van der Waals surface area contributed by atoms with Gasteiger partial charge in [0.1, 0.15) is 0 Å². The molecule has 0 spiro atoms. The van der Waals surface area contributed by atoms with Crippen molar-refractivity contribution in [2.75, 3.05) is 19.0 Å². The molecule has 2 rings (SSSR count). The normalized spacial score (nSPS) is 19.0. The largest absolute Gasteiger partial charge is 0.378 e. The van der Waals surface area contributed by atoms with E-state index in [1.165, 1.54) is 43.4 Å².